The molecule has 1 saturated heterocycles. The molecule has 0 saturated carbocycles. The van der Waals surface area contributed by atoms with E-state index in [1.165, 1.54) is 45.3 Å². The summed E-state index contributed by atoms with van der Waals surface area (Å²) in [5.41, 5.74) is 0. The average Bonchev–Trinajstić information content (AvgIpc) is 3.29. The van der Waals surface area contributed by atoms with Gasteiger partial charge in [-0.1, -0.05) is 0 Å². The molecule has 0 unspecified atom stereocenters. The molecule has 1 heterocycles. The van der Waals surface area contributed by atoms with Gasteiger partial charge in [0, 0.05) is 0 Å². The fourth-order valence-corrected chi connectivity index (χ4v) is 31.7. The minimum atomic E-state index is -3.32. The van der Waals surface area contributed by atoms with Gasteiger partial charge in [0.25, 0.3) is 0 Å². The van der Waals surface area contributed by atoms with Crippen LogP contribution in [-0.4, -0.2) is 50.3 Å². The van der Waals surface area contributed by atoms with Gasteiger partial charge in [-0.3, -0.25) is 0 Å². The number of benzene rings is 3. The van der Waals surface area contributed by atoms with Gasteiger partial charge in [-0.25, -0.2) is 0 Å². The van der Waals surface area contributed by atoms with Crippen LogP contribution in [0.1, 0.15) is 39.5 Å². The van der Waals surface area contributed by atoms with Crippen LogP contribution in [0.2, 0.25) is 13.3 Å². The molecule has 1 aliphatic heterocycles. The van der Waals surface area contributed by atoms with Crippen LogP contribution < -0.4 is 10.7 Å². The molecule has 0 N–H and O–H groups in total. The first-order valence-electron chi connectivity index (χ1n) is 12.7. The second-order valence-corrected chi connectivity index (χ2v) is 30.2. The van der Waals surface area contributed by atoms with Crippen molar-refractivity contribution in [1.82, 2.24) is 0 Å². The Morgan fingerprint density at radius 1 is 0.697 bits per heavy atom. The van der Waals surface area contributed by atoms with Gasteiger partial charge in [0.15, 0.2) is 0 Å². The van der Waals surface area contributed by atoms with E-state index < -0.39 is 37.6 Å². The molecule has 4 heteroatoms. The molecule has 0 aromatic heterocycles. The second-order valence-electron chi connectivity index (χ2n) is 9.38. The zero-order valence-electron chi connectivity index (χ0n) is 20.2. The van der Waals surface area contributed by atoms with Crippen molar-refractivity contribution in [2.75, 3.05) is 6.61 Å². The zero-order valence-corrected chi connectivity index (χ0v) is 25.9. The molecule has 0 radical (unpaired) electrons. The fourth-order valence-electron chi connectivity index (χ4n) is 5.36. The van der Waals surface area contributed by atoms with E-state index in [2.05, 4.69) is 105 Å². The van der Waals surface area contributed by atoms with Crippen molar-refractivity contribution in [2.24, 2.45) is 0 Å². The SMILES string of the molecule is CCC[CH2][Sn]1([CH2]CCC)[O]C[C@H]([CH2][Sn]([c]2ccccc2)([c]2ccccc2)[c]2ccccc2)[O]1. The summed E-state index contributed by atoms with van der Waals surface area (Å²) >= 11 is -6.30. The summed E-state index contributed by atoms with van der Waals surface area (Å²) in [7, 11) is 0. The molecule has 4 rings (SSSR count). The van der Waals surface area contributed by atoms with Gasteiger partial charge < -0.3 is 0 Å². The van der Waals surface area contributed by atoms with Gasteiger partial charge in [0.05, 0.1) is 0 Å². The van der Waals surface area contributed by atoms with E-state index in [1.807, 2.05) is 0 Å². The van der Waals surface area contributed by atoms with Gasteiger partial charge >= 0.3 is 211 Å². The summed E-state index contributed by atoms with van der Waals surface area (Å²) in [5.74, 6) is 0. The molecule has 3 aromatic rings. The molecule has 33 heavy (non-hydrogen) atoms. The molecule has 0 bridgehead atoms. The quantitative estimate of drug-likeness (QED) is 0.250. The van der Waals surface area contributed by atoms with Crippen LogP contribution in [0, 0.1) is 0 Å². The summed E-state index contributed by atoms with van der Waals surface area (Å²) in [5, 5.41) is 0. The number of hydrogen-bond acceptors (Lipinski definition) is 2. The molecular weight excluding hydrogens is 618 g/mol. The third kappa shape index (κ3) is 5.88. The number of hydrogen-bond donors (Lipinski definition) is 0. The summed E-state index contributed by atoms with van der Waals surface area (Å²) in [4.78, 5) is 0. The Morgan fingerprint density at radius 3 is 1.52 bits per heavy atom. The zero-order chi connectivity index (χ0) is 23.0. The Balaban J connectivity index is 1.75. The van der Waals surface area contributed by atoms with Gasteiger partial charge in [0.1, 0.15) is 0 Å². The average molecular weight is 656 g/mol. The maximum atomic E-state index is 7.11. The Morgan fingerprint density at radius 2 is 1.12 bits per heavy atom. The van der Waals surface area contributed by atoms with Crippen molar-refractivity contribution in [1.29, 1.82) is 0 Å². The van der Waals surface area contributed by atoms with Crippen LogP contribution in [0.5, 0.6) is 0 Å². The first kappa shape index (κ1) is 25.3. The molecule has 0 amide bonds. The monoisotopic (exact) mass is 658 g/mol. The number of unbranched alkanes of at least 4 members (excludes halogenated alkanes) is 2. The molecule has 0 aliphatic carbocycles. The van der Waals surface area contributed by atoms with E-state index in [0.717, 1.165) is 11.0 Å². The van der Waals surface area contributed by atoms with Crippen LogP contribution >= 0.6 is 0 Å². The van der Waals surface area contributed by atoms with E-state index >= 15 is 0 Å². The van der Waals surface area contributed by atoms with Crippen LogP contribution in [0.4, 0.5) is 0 Å². The van der Waals surface area contributed by atoms with E-state index in [0.29, 0.717) is 0 Å². The van der Waals surface area contributed by atoms with E-state index in [1.54, 1.807) is 0 Å². The molecular formula is C29H38O2Sn2. The molecule has 1 fully saturated rings. The molecule has 3 aromatic carbocycles. The van der Waals surface area contributed by atoms with Crippen LogP contribution in [0.3, 0.4) is 0 Å². The standard InChI is InChI=1S/3C6H5.2C4H9.C3H5O2.2Sn/c3*1-2-4-6-5-3-1;2*1-3-4-2;1-3(5)2-4;;/h3*1-5H;2*1,3-4H2,2H3;3H,1-2H2;;/q;;;;;-2;;+2/t;;;;;3-;;/m.....0../s1. The van der Waals surface area contributed by atoms with Gasteiger partial charge in [0.2, 0.25) is 0 Å². The predicted molar refractivity (Wildman–Crippen MR) is 145 cm³/mol. The van der Waals surface area contributed by atoms with Crippen molar-refractivity contribution < 1.29 is 6.15 Å². The molecule has 1 atom stereocenters. The van der Waals surface area contributed by atoms with E-state index in [9.17, 15) is 0 Å². The van der Waals surface area contributed by atoms with Gasteiger partial charge in [-0.05, 0) is 0 Å². The summed E-state index contributed by atoms with van der Waals surface area (Å²) < 4.78 is 22.0. The van der Waals surface area contributed by atoms with Crippen LogP contribution in [-0.2, 0) is 6.15 Å². The Labute approximate surface area is 209 Å². The maximum absolute atomic E-state index is 7.11. The summed E-state index contributed by atoms with van der Waals surface area (Å²) in [6, 6.07) is 33.9. The summed E-state index contributed by atoms with van der Waals surface area (Å²) in [6.45, 7) is 5.37. The Bertz CT molecular complexity index is 858. The summed E-state index contributed by atoms with van der Waals surface area (Å²) in [6.07, 6.45) is 5.17. The van der Waals surface area contributed by atoms with Gasteiger partial charge in [-0.15, -0.1) is 0 Å². The number of rotatable bonds is 11. The third-order valence-electron chi connectivity index (χ3n) is 7.07. The molecule has 2 nitrogen and oxygen atoms in total. The van der Waals surface area contributed by atoms with E-state index in [4.69, 9.17) is 6.15 Å². The van der Waals surface area contributed by atoms with E-state index in [-0.39, 0.29) is 6.10 Å². The van der Waals surface area contributed by atoms with Crippen molar-refractivity contribution >= 4 is 48.3 Å². The van der Waals surface area contributed by atoms with Crippen molar-refractivity contribution in [3.05, 3.63) is 91.0 Å². The molecule has 174 valence electrons. The second kappa shape index (κ2) is 12.2. The van der Waals surface area contributed by atoms with Crippen LogP contribution in [0.25, 0.3) is 0 Å². The van der Waals surface area contributed by atoms with Crippen molar-refractivity contribution in [2.45, 2.75) is 58.9 Å². The Hall–Kier alpha value is -0.823. The van der Waals surface area contributed by atoms with Crippen molar-refractivity contribution in [3.8, 4) is 0 Å². The fraction of sp³-hybridized carbons (Fsp3) is 0.379. The van der Waals surface area contributed by atoms with Crippen LogP contribution in [0.15, 0.2) is 91.0 Å². The first-order chi connectivity index (χ1) is 16.2. The third-order valence-corrected chi connectivity index (χ3v) is 31.9. The Kier molecular flexibility index (Phi) is 9.37. The molecule has 0 spiro atoms. The van der Waals surface area contributed by atoms with Gasteiger partial charge in [-0.2, -0.15) is 0 Å². The molecule has 1 aliphatic rings. The first-order valence-corrected chi connectivity index (χ1v) is 25.4. The topological polar surface area (TPSA) is 18.5 Å². The van der Waals surface area contributed by atoms with Crippen molar-refractivity contribution in [3.63, 3.8) is 0 Å². The predicted octanol–water partition coefficient (Wildman–Crippen LogP) is 5.61. The normalized spacial score (nSPS) is 17.8. The minimum absolute atomic E-state index is 0.228.